The van der Waals surface area contributed by atoms with Crippen molar-refractivity contribution in [2.24, 2.45) is 0 Å². The maximum absolute atomic E-state index is 12.4. The Balaban J connectivity index is 2.04. The van der Waals surface area contributed by atoms with E-state index in [1.54, 1.807) is 32.4 Å². The van der Waals surface area contributed by atoms with E-state index >= 15 is 0 Å². The molecule has 5 nitrogen and oxygen atoms in total. The van der Waals surface area contributed by atoms with E-state index in [0.717, 1.165) is 28.4 Å². The highest BCUT2D eigenvalue weighted by Crippen LogP contribution is 2.23. The SMILES string of the molecule is COc1cc(CCC(=O)N(C)c2ccnc(C)c2)cc(OC)c1. The molecular weight excluding hydrogens is 292 g/mol. The van der Waals surface area contributed by atoms with Gasteiger partial charge in [-0.2, -0.15) is 0 Å². The number of hydrogen-bond donors (Lipinski definition) is 0. The minimum atomic E-state index is 0.0531. The summed E-state index contributed by atoms with van der Waals surface area (Å²) in [5, 5.41) is 0. The van der Waals surface area contributed by atoms with Crippen molar-refractivity contribution in [3.63, 3.8) is 0 Å². The first-order valence-corrected chi connectivity index (χ1v) is 7.44. The number of pyridine rings is 1. The predicted octanol–water partition coefficient (Wildman–Crippen LogP) is 3.00. The molecular formula is C18H22N2O3. The Hall–Kier alpha value is -2.56. The second-order valence-corrected chi connectivity index (χ2v) is 5.33. The second kappa shape index (κ2) is 7.63. The summed E-state index contributed by atoms with van der Waals surface area (Å²) in [5.74, 6) is 1.51. The number of aryl methyl sites for hydroxylation is 2. The fourth-order valence-electron chi connectivity index (χ4n) is 2.31. The van der Waals surface area contributed by atoms with Crippen LogP contribution in [0.4, 0.5) is 5.69 Å². The minimum absolute atomic E-state index is 0.0531. The molecule has 0 aliphatic heterocycles. The van der Waals surface area contributed by atoms with Gasteiger partial charge in [0.05, 0.1) is 14.2 Å². The van der Waals surface area contributed by atoms with Gasteiger partial charge in [0.25, 0.3) is 0 Å². The Bertz CT molecular complexity index is 663. The van der Waals surface area contributed by atoms with Crippen LogP contribution in [0.2, 0.25) is 0 Å². The molecule has 2 rings (SSSR count). The monoisotopic (exact) mass is 314 g/mol. The summed E-state index contributed by atoms with van der Waals surface area (Å²) in [6, 6.07) is 9.39. The van der Waals surface area contributed by atoms with Crippen LogP contribution in [-0.2, 0) is 11.2 Å². The topological polar surface area (TPSA) is 51.7 Å². The second-order valence-electron chi connectivity index (χ2n) is 5.33. The van der Waals surface area contributed by atoms with Gasteiger partial charge in [-0.1, -0.05) is 0 Å². The van der Waals surface area contributed by atoms with E-state index in [1.807, 2.05) is 37.3 Å². The van der Waals surface area contributed by atoms with Crippen molar-refractivity contribution < 1.29 is 14.3 Å². The van der Waals surface area contributed by atoms with Gasteiger partial charge in [-0.15, -0.1) is 0 Å². The number of hydrogen-bond acceptors (Lipinski definition) is 4. The molecule has 5 heteroatoms. The van der Waals surface area contributed by atoms with Crippen LogP contribution in [-0.4, -0.2) is 32.2 Å². The zero-order chi connectivity index (χ0) is 16.8. The molecule has 0 saturated carbocycles. The molecule has 1 heterocycles. The maximum atomic E-state index is 12.4. The number of carbonyl (C=O) groups excluding carboxylic acids is 1. The number of methoxy groups -OCH3 is 2. The molecule has 23 heavy (non-hydrogen) atoms. The van der Waals surface area contributed by atoms with Crippen LogP contribution in [0.1, 0.15) is 17.7 Å². The summed E-state index contributed by atoms with van der Waals surface area (Å²) in [6.45, 7) is 1.91. The number of anilines is 1. The van der Waals surface area contributed by atoms with Gasteiger partial charge in [0, 0.05) is 37.1 Å². The Morgan fingerprint density at radius 1 is 1.13 bits per heavy atom. The average Bonchev–Trinajstić information content (AvgIpc) is 2.58. The zero-order valence-corrected chi connectivity index (χ0v) is 14.0. The predicted molar refractivity (Wildman–Crippen MR) is 90.3 cm³/mol. The molecule has 0 fully saturated rings. The lowest BCUT2D eigenvalue weighted by molar-refractivity contribution is -0.118. The molecule has 0 N–H and O–H groups in total. The number of nitrogens with zero attached hydrogens (tertiary/aromatic N) is 2. The van der Waals surface area contributed by atoms with Gasteiger partial charge in [-0.3, -0.25) is 9.78 Å². The molecule has 0 bridgehead atoms. The summed E-state index contributed by atoms with van der Waals surface area (Å²) in [6.07, 6.45) is 2.75. The van der Waals surface area contributed by atoms with Crippen LogP contribution >= 0.6 is 0 Å². The first kappa shape index (κ1) is 16.8. The van der Waals surface area contributed by atoms with Gasteiger partial charge < -0.3 is 14.4 Å². The Kier molecular flexibility index (Phi) is 5.57. The van der Waals surface area contributed by atoms with Crippen molar-refractivity contribution in [3.8, 4) is 11.5 Å². The van der Waals surface area contributed by atoms with Crippen LogP contribution in [0, 0.1) is 6.92 Å². The first-order chi connectivity index (χ1) is 11.0. The third-order valence-corrected chi connectivity index (χ3v) is 3.68. The molecule has 1 aromatic carbocycles. The molecule has 0 spiro atoms. The number of benzene rings is 1. The molecule has 0 atom stereocenters. The van der Waals surface area contributed by atoms with Crippen LogP contribution in [0.15, 0.2) is 36.5 Å². The van der Waals surface area contributed by atoms with Crippen molar-refractivity contribution in [3.05, 3.63) is 47.8 Å². The fraction of sp³-hybridized carbons (Fsp3) is 0.333. The molecule has 2 aromatic rings. The average molecular weight is 314 g/mol. The third kappa shape index (κ3) is 4.45. The standard InChI is InChI=1S/C18H22N2O3/c1-13-9-15(7-8-19-13)20(2)18(21)6-5-14-10-16(22-3)12-17(11-14)23-4/h7-12H,5-6H2,1-4H3. The third-order valence-electron chi connectivity index (χ3n) is 3.68. The Labute approximate surface area is 136 Å². The summed E-state index contributed by atoms with van der Waals surface area (Å²) < 4.78 is 10.5. The highest BCUT2D eigenvalue weighted by Gasteiger charge is 2.12. The van der Waals surface area contributed by atoms with E-state index in [1.165, 1.54) is 0 Å². The van der Waals surface area contributed by atoms with E-state index in [9.17, 15) is 4.79 Å². The van der Waals surface area contributed by atoms with Gasteiger partial charge in [-0.05, 0) is 43.2 Å². The van der Waals surface area contributed by atoms with Crippen LogP contribution in [0.5, 0.6) is 11.5 Å². The van der Waals surface area contributed by atoms with Gasteiger partial charge >= 0.3 is 0 Å². The lowest BCUT2D eigenvalue weighted by Gasteiger charge is -2.17. The number of rotatable bonds is 6. The van der Waals surface area contributed by atoms with E-state index in [0.29, 0.717) is 12.8 Å². The number of carbonyl (C=O) groups is 1. The molecule has 1 amide bonds. The molecule has 0 aliphatic carbocycles. The largest absolute Gasteiger partial charge is 0.497 e. The molecule has 1 aromatic heterocycles. The molecule has 0 unspecified atom stereocenters. The lowest BCUT2D eigenvalue weighted by atomic mass is 10.1. The summed E-state index contributed by atoms with van der Waals surface area (Å²) in [5.41, 5.74) is 2.75. The van der Waals surface area contributed by atoms with E-state index in [4.69, 9.17) is 9.47 Å². The molecule has 0 radical (unpaired) electrons. The van der Waals surface area contributed by atoms with Gasteiger partial charge in [0.2, 0.25) is 5.91 Å². The van der Waals surface area contributed by atoms with E-state index in [-0.39, 0.29) is 5.91 Å². The van der Waals surface area contributed by atoms with Crippen LogP contribution in [0.3, 0.4) is 0 Å². The maximum Gasteiger partial charge on any atom is 0.227 e. The molecule has 0 aliphatic rings. The summed E-state index contributed by atoms with van der Waals surface area (Å²) in [7, 11) is 5.01. The normalized spacial score (nSPS) is 10.3. The number of ether oxygens (including phenoxy) is 2. The minimum Gasteiger partial charge on any atom is -0.497 e. The van der Waals surface area contributed by atoms with E-state index in [2.05, 4.69) is 4.98 Å². The van der Waals surface area contributed by atoms with Crippen molar-refractivity contribution >= 4 is 11.6 Å². The van der Waals surface area contributed by atoms with Crippen molar-refractivity contribution in [1.29, 1.82) is 0 Å². The summed E-state index contributed by atoms with van der Waals surface area (Å²) in [4.78, 5) is 18.2. The quantitative estimate of drug-likeness (QED) is 0.822. The highest BCUT2D eigenvalue weighted by molar-refractivity contribution is 5.92. The Morgan fingerprint density at radius 2 is 1.78 bits per heavy atom. The Morgan fingerprint density at radius 3 is 2.35 bits per heavy atom. The van der Waals surface area contributed by atoms with Crippen molar-refractivity contribution in [2.75, 3.05) is 26.2 Å². The zero-order valence-electron chi connectivity index (χ0n) is 14.0. The summed E-state index contributed by atoms with van der Waals surface area (Å²) >= 11 is 0. The van der Waals surface area contributed by atoms with Gasteiger partial charge in [0.1, 0.15) is 11.5 Å². The highest BCUT2D eigenvalue weighted by atomic mass is 16.5. The lowest BCUT2D eigenvalue weighted by Crippen LogP contribution is -2.26. The molecule has 0 saturated heterocycles. The van der Waals surface area contributed by atoms with Gasteiger partial charge in [0.15, 0.2) is 0 Å². The van der Waals surface area contributed by atoms with Crippen molar-refractivity contribution in [1.82, 2.24) is 4.98 Å². The van der Waals surface area contributed by atoms with E-state index < -0.39 is 0 Å². The number of amides is 1. The van der Waals surface area contributed by atoms with Gasteiger partial charge in [-0.25, -0.2) is 0 Å². The smallest absolute Gasteiger partial charge is 0.227 e. The first-order valence-electron chi connectivity index (χ1n) is 7.44. The fourth-order valence-corrected chi connectivity index (χ4v) is 2.31. The number of aromatic nitrogens is 1. The van der Waals surface area contributed by atoms with Crippen molar-refractivity contribution in [2.45, 2.75) is 19.8 Å². The van der Waals surface area contributed by atoms with Crippen LogP contribution in [0.25, 0.3) is 0 Å². The van der Waals surface area contributed by atoms with Crippen LogP contribution < -0.4 is 14.4 Å². The molecule has 122 valence electrons.